The van der Waals surface area contributed by atoms with Crippen LogP contribution in [0.3, 0.4) is 0 Å². The first kappa shape index (κ1) is 12.4. The smallest absolute Gasteiger partial charge is 0.171 e. The summed E-state index contributed by atoms with van der Waals surface area (Å²) in [6, 6.07) is 1.52. The predicted octanol–water partition coefficient (Wildman–Crippen LogP) is 1.86. The molecule has 1 aromatic rings. The fourth-order valence-corrected chi connectivity index (χ4v) is 1.61. The van der Waals surface area contributed by atoms with Crippen LogP contribution in [0.1, 0.15) is 17.2 Å². The molecule has 84 valence electrons. The number of hydrogen-bond donors (Lipinski definition) is 3. The van der Waals surface area contributed by atoms with Gasteiger partial charge in [0.25, 0.3) is 0 Å². The molecule has 1 unspecified atom stereocenters. The number of nitrogens with one attached hydrogen (secondary N) is 1. The Kier molecular flexibility index (Phi) is 4.07. The van der Waals surface area contributed by atoms with Gasteiger partial charge in [-0.15, -0.1) is 0 Å². The van der Waals surface area contributed by atoms with E-state index in [1.54, 1.807) is 14.0 Å². The Bertz CT molecular complexity index is 371. The minimum atomic E-state index is -0.965. The number of aromatic hydroxyl groups is 1. The number of halogens is 2. The average molecular weight is 278 g/mol. The fourth-order valence-electron chi connectivity index (χ4n) is 1.33. The van der Waals surface area contributed by atoms with Gasteiger partial charge in [0, 0.05) is 12.1 Å². The molecule has 0 aromatic heterocycles. The average Bonchev–Trinajstić information content (AvgIpc) is 2.20. The molecule has 0 fully saturated rings. The molecule has 15 heavy (non-hydrogen) atoms. The molecule has 0 aliphatic rings. The van der Waals surface area contributed by atoms with E-state index in [-0.39, 0.29) is 12.1 Å². The first-order valence-electron chi connectivity index (χ1n) is 4.49. The van der Waals surface area contributed by atoms with E-state index in [1.165, 1.54) is 6.07 Å². The van der Waals surface area contributed by atoms with E-state index >= 15 is 0 Å². The van der Waals surface area contributed by atoms with E-state index in [9.17, 15) is 14.6 Å². The Labute approximate surface area is 96.1 Å². The molecule has 0 spiro atoms. The van der Waals surface area contributed by atoms with E-state index in [2.05, 4.69) is 21.2 Å². The second-order valence-electron chi connectivity index (χ2n) is 3.33. The summed E-state index contributed by atoms with van der Waals surface area (Å²) < 4.78 is 13.9. The highest BCUT2D eigenvalue weighted by atomic mass is 79.9. The number of phenolic OH excluding ortho intramolecular Hbond substituents is 1. The SMILES string of the molecule is CNCC(O)c1cc(C)c(Br)c(O)c1F. The van der Waals surface area contributed by atoms with E-state index in [0.717, 1.165) is 0 Å². The summed E-state index contributed by atoms with van der Waals surface area (Å²) in [6.45, 7) is 1.95. The third-order valence-corrected chi connectivity index (χ3v) is 3.14. The molecule has 1 rings (SSSR count). The lowest BCUT2D eigenvalue weighted by Gasteiger charge is -2.14. The van der Waals surface area contributed by atoms with Gasteiger partial charge in [-0.2, -0.15) is 0 Å². The van der Waals surface area contributed by atoms with Crippen LogP contribution in [0.5, 0.6) is 5.75 Å². The second-order valence-corrected chi connectivity index (χ2v) is 4.13. The van der Waals surface area contributed by atoms with Gasteiger partial charge in [-0.1, -0.05) is 0 Å². The molecule has 3 N–H and O–H groups in total. The van der Waals surface area contributed by atoms with Crippen molar-refractivity contribution in [2.24, 2.45) is 0 Å². The maximum atomic E-state index is 13.5. The Morgan fingerprint density at radius 3 is 2.73 bits per heavy atom. The van der Waals surface area contributed by atoms with Gasteiger partial charge in [-0.25, -0.2) is 4.39 Å². The van der Waals surface area contributed by atoms with Crippen molar-refractivity contribution in [1.82, 2.24) is 5.32 Å². The molecule has 1 aromatic carbocycles. The molecule has 1 atom stereocenters. The van der Waals surface area contributed by atoms with Crippen LogP contribution in [0.2, 0.25) is 0 Å². The quantitative estimate of drug-likeness (QED) is 0.791. The number of benzene rings is 1. The normalized spacial score (nSPS) is 12.9. The highest BCUT2D eigenvalue weighted by molar-refractivity contribution is 9.10. The van der Waals surface area contributed by atoms with Crippen molar-refractivity contribution in [3.63, 3.8) is 0 Å². The van der Waals surface area contributed by atoms with Crippen LogP contribution in [0.25, 0.3) is 0 Å². The van der Waals surface area contributed by atoms with Gasteiger partial charge in [-0.05, 0) is 41.5 Å². The summed E-state index contributed by atoms with van der Waals surface area (Å²) in [5.41, 5.74) is 0.779. The summed E-state index contributed by atoms with van der Waals surface area (Å²) in [6.07, 6.45) is -0.965. The first-order valence-corrected chi connectivity index (χ1v) is 5.28. The molecule has 0 aliphatic heterocycles. The van der Waals surface area contributed by atoms with Crippen molar-refractivity contribution < 1.29 is 14.6 Å². The largest absolute Gasteiger partial charge is 0.504 e. The maximum Gasteiger partial charge on any atom is 0.171 e. The van der Waals surface area contributed by atoms with E-state index in [4.69, 9.17) is 0 Å². The summed E-state index contributed by atoms with van der Waals surface area (Å²) in [7, 11) is 1.66. The predicted molar refractivity (Wildman–Crippen MR) is 59.4 cm³/mol. The third kappa shape index (κ3) is 2.48. The first-order chi connectivity index (χ1) is 6.99. The minimum absolute atomic E-state index is 0.0996. The van der Waals surface area contributed by atoms with Crippen LogP contribution < -0.4 is 5.32 Å². The monoisotopic (exact) mass is 277 g/mol. The minimum Gasteiger partial charge on any atom is -0.504 e. The molecule has 0 heterocycles. The number of rotatable bonds is 3. The Morgan fingerprint density at radius 1 is 1.60 bits per heavy atom. The van der Waals surface area contributed by atoms with Crippen LogP contribution in [0.4, 0.5) is 4.39 Å². The van der Waals surface area contributed by atoms with Gasteiger partial charge in [0.2, 0.25) is 0 Å². The topological polar surface area (TPSA) is 52.5 Å². The molecule has 0 radical (unpaired) electrons. The van der Waals surface area contributed by atoms with Crippen LogP contribution in [-0.4, -0.2) is 23.8 Å². The van der Waals surface area contributed by atoms with Crippen molar-refractivity contribution in [3.05, 3.63) is 27.5 Å². The van der Waals surface area contributed by atoms with Crippen molar-refractivity contribution in [1.29, 1.82) is 0 Å². The van der Waals surface area contributed by atoms with Gasteiger partial charge >= 0.3 is 0 Å². The van der Waals surface area contributed by atoms with Gasteiger partial charge in [0.1, 0.15) is 0 Å². The van der Waals surface area contributed by atoms with Crippen molar-refractivity contribution in [3.8, 4) is 5.75 Å². The van der Waals surface area contributed by atoms with Gasteiger partial charge in [-0.3, -0.25) is 0 Å². The molecule has 0 saturated heterocycles. The third-order valence-electron chi connectivity index (χ3n) is 2.14. The number of likely N-dealkylation sites (N-methyl/N-ethyl adjacent to an activating group) is 1. The molecule has 0 amide bonds. The van der Waals surface area contributed by atoms with E-state index in [0.29, 0.717) is 10.0 Å². The highest BCUT2D eigenvalue weighted by Gasteiger charge is 2.18. The lowest BCUT2D eigenvalue weighted by molar-refractivity contribution is 0.172. The lowest BCUT2D eigenvalue weighted by Crippen LogP contribution is -2.18. The van der Waals surface area contributed by atoms with Crippen molar-refractivity contribution in [2.45, 2.75) is 13.0 Å². The molecule has 0 bridgehead atoms. The Balaban J connectivity index is 3.19. The second kappa shape index (κ2) is 4.92. The summed E-state index contributed by atoms with van der Waals surface area (Å²) in [5, 5.41) is 21.8. The van der Waals surface area contributed by atoms with Gasteiger partial charge < -0.3 is 15.5 Å². The number of hydrogen-bond acceptors (Lipinski definition) is 3. The highest BCUT2D eigenvalue weighted by Crippen LogP contribution is 2.34. The standard InChI is InChI=1S/C10H13BrFNO2/c1-5-3-6(7(14)4-13-2)9(12)10(15)8(5)11/h3,7,13-15H,4H2,1-2H3. The zero-order valence-electron chi connectivity index (χ0n) is 8.51. The maximum absolute atomic E-state index is 13.5. The summed E-state index contributed by atoms with van der Waals surface area (Å²) >= 11 is 3.06. The van der Waals surface area contributed by atoms with E-state index < -0.39 is 17.7 Å². The van der Waals surface area contributed by atoms with Crippen LogP contribution in [0, 0.1) is 12.7 Å². The number of aliphatic hydroxyl groups excluding tert-OH is 1. The Hall–Kier alpha value is -0.650. The summed E-state index contributed by atoms with van der Waals surface area (Å²) in [4.78, 5) is 0. The molecule has 3 nitrogen and oxygen atoms in total. The zero-order chi connectivity index (χ0) is 11.6. The zero-order valence-corrected chi connectivity index (χ0v) is 10.1. The van der Waals surface area contributed by atoms with Crippen LogP contribution in [-0.2, 0) is 0 Å². The molecule has 0 saturated carbocycles. The number of phenols is 1. The van der Waals surface area contributed by atoms with Gasteiger partial charge in [0.05, 0.1) is 10.6 Å². The summed E-state index contributed by atoms with van der Waals surface area (Å²) in [5.74, 6) is -1.24. The molecule has 5 heteroatoms. The van der Waals surface area contributed by atoms with E-state index in [1.807, 2.05) is 0 Å². The van der Waals surface area contributed by atoms with Crippen LogP contribution >= 0.6 is 15.9 Å². The van der Waals surface area contributed by atoms with Crippen LogP contribution in [0.15, 0.2) is 10.5 Å². The number of aliphatic hydroxyl groups is 1. The molecular weight excluding hydrogens is 265 g/mol. The fraction of sp³-hybridized carbons (Fsp3) is 0.400. The van der Waals surface area contributed by atoms with Crippen molar-refractivity contribution in [2.75, 3.05) is 13.6 Å². The lowest BCUT2D eigenvalue weighted by atomic mass is 10.0. The molecule has 0 aliphatic carbocycles. The molecular formula is C10H13BrFNO2. The number of aryl methyl sites for hydroxylation is 1. The Morgan fingerprint density at radius 2 is 2.20 bits per heavy atom. The van der Waals surface area contributed by atoms with Gasteiger partial charge in [0.15, 0.2) is 11.6 Å². The van der Waals surface area contributed by atoms with Crippen molar-refractivity contribution >= 4 is 15.9 Å².